The van der Waals surface area contributed by atoms with Crippen LogP contribution in [0.2, 0.25) is 0 Å². The van der Waals surface area contributed by atoms with Gasteiger partial charge in [-0.25, -0.2) is 0 Å². The number of ketones is 1. The second-order valence-electron chi connectivity index (χ2n) is 3.49. The van der Waals surface area contributed by atoms with Crippen LogP contribution in [0.15, 0.2) is 41.0 Å². The first-order chi connectivity index (χ1) is 7.72. The molecule has 0 aliphatic heterocycles. The van der Waals surface area contributed by atoms with E-state index in [4.69, 9.17) is 9.15 Å². The molecule has 3 nitrogen and oxygen atoms in total. The second-order valence-corrected chi connectivity index (χ2v) is 3.49. The first-order valence-corrected chi connectivity index (χ1v) is 4.95. The van der Waals surface area contributed by atoms with Gasteiger partial charge in [0.05, 0.1) is 13.4 Å². The first-order valence-electron chi connectivity index (χ1n) is 4.95. The average Bonchev–Trinajstić information content (AvgIpc) is 2.74. The van der Waals surface area contributed by atoms with Gasteiger partial charge < -0.3 is 9.15 Å². The van der Waals surface area contributed by atoms with Crippen molar-refractivity contribution in [2.75, 3.05) is 7.11 Å². The Hall–Kier alpha value is -2.03. The van der Waals surface area contributed by atoms with E-state index in [2.05, 4.69) is 0 Å². The van der Waals surface area contributed by atoms with E-state index in [9.17, 15) is 4.79 Å². The van der Waals surface area contributed by atoms with Gasteiger partial charge in [-0.2, -0.15) is 0 Å². The Kier molecular flexibility index (Phi) is 2.77. The Labute approximate surface area is 93.7 Å². The van der Waals surface area contributed by atoms with Crippen molar-refractivity contribution in [3.63, 3.8) is 0 Å². The quantitative estimate of drug-likeness (QED) is 0.740. The SMILES string of the molecule is COc1cccc(C(=O)c2occc2C)c1. The molecule has 2 aromatic rings. The Morgan fingerprint density at radius 2 is 2.12 bits per heavy atom. The van der Waals surface area contributed by atoms with Gasteiger partial charge in [0.25, 0.3) is 0 Å². The fraction of sp³-hybridized carbons (Fsp3) is 0.154. The molecule has 82 valence electrons. The van der Waals surface area contributed by atoms with Crippen molar-refractivity contribution in [1.82, 2.24) is 0 Å². The summed E-state index contributed by atoms with van der Waals surface area (Å²) >= 11 is 0. The largest absolute Gasteiger partial charge is 0.497 e. The summed E-state index contributed by atoms with van der Waals surface area (Å²) in [7, 11) is 1.57. The van der Waals surface area contributed by atoms with Crippen molar-refractivity contribution in [2.45, 2.75) is 6.92 Å². The normalized spacial score (nSPS) is 10.1. The van der Waals surface area contributed by atoms with Crippen LogP contribution in [0.4, 0.5) is 0 Å². The third-order valence-corrected chi connectivity index (χ3v) is 2.40. The van der Waals surface area contributed by atoms with Gasteiger partial charge in [0, 0.05) is 5.56 Å². The molecule has 1 aromatic carbocycles. The molecule has 0 aliphatic carbocycles. The summed E-state index contributed by atoms with van der Waals surface area (Å²) in [5.74, 6) is 0.921. The van der Waals surface area contributed by atoms with Gasteiger partial charge in [0.15, 0.2) is 5.76 Å². The fourth-order valence-corrected chi connectivity index (χ4v) is 1.50. The molecule has 2 rings (SSSR count). The Morgan fingerprint density at radius 3 is 2.75 bits per heavy atom. The van der Waals surface area contributed by atoms with Crippen LogP contribution in [0.25, 0.3) is 0 Å². The number of aryl methyl sites for hydroxylation is 1. The fourth-order valence-electron chi connectivity index (χ4n) is 1.50. The summed E-state index contributed by atoms with van der Waals surface area (Å²) in [6.07, 6.45) is 1.52. The topological polar surface area (TPSA) is 39.4 Å². The van der Waals surface area contributed by atoms with E-state index >= 15 is 0 Å². The lowest BCUT2D eigenvalue weighted by Crippen LogP contribution is -2.01. The zero-order valence-corrected chi connectivity index (χ0v) is 9.19. The smallest absolute Gasteiger partial charge is 0.228 e. The molecule has 1 aromatic heterocycles. The van der Waals surface area contributed by atoms with E-state index in [1.54, 1.807) is 37.4 Å². The summed E-state index contributed by atoms with van der Waals surface area (Å²) < 4.78 is 10.2. The maximum atomic E-state index is 12.0. The molecule has 3 heteroatoms. The zero-order valence-electron chi connectivity index (χ0n) is 9.19. The lowest BCUT2D eigenvalue weighted by molar-refractivity contribution is 0.101. The molecule has 0 saturated carbocycles. The van der Waals surface area contributed by atoms with Crippen LogP contribution in [0.1, 0.15) is 21.7 Å². The van der Waals surface area contributed by atoms with Gasteiger partial charge in [0.1, 0.15) is 5.75 Å². The van der Waals surface area contributed by atoms with Crippen LogP contribution < -0.4 is 4.74 Å². The highest BCUT2D eigenvalue weighted by Gasteiger charge is 2.15. The molecule has 0 radical (unpaired) electrons. The predicted octanol–water partition coefficient (Wildman–Crippen LogP) is 2.83. The summed E-state index contributed by atoms with van der Waals surface area (Å²) in [5, 5.41) is 0. The molecule has 0 unspecified atom stereocenters. The summed E-state index contributed by atoms with van der Waals surface area (Å²) in [6.45, 7) is 1.84. The van der Waals surface area contributed by atoms with Crippen LogP contribution in [-0.4, -0.2) is 12.9 Å². The van der Waals surface area contributed by atoms with Crippen LogP contribution in [0.3, 0.4) is 0 Å². The number of hydrogen-bond acceptors (Lipinski definition) is 3. The molecule has 0 atom stereocenters. The number of benzene rings is 1. The molecule has 0 fully saturated rings. The molecule has 0 amide bonds. The first kappa shape index (κ1) is 10.5. The third-order valence-electron chi connectivity index (χ3n) is 2.40. The third kappa shape index (κ3) is 1.84. The Bertz CT molecular complexity index is 511. The average molecular weight is 216 g/mol. The number of methoxy groups -OCH3 is 1. The van der Waals surface area contributed by atoms with E-state index < -0.39 is 0 Å². The second kappa shape index (κ2) is 4.23. The van der Waals surface area contributed by atoms with Gasteiger partial charge in [0.2, 0.25) is 5.78 Å². The van der Waals surface area contributed by atoms with Crippen molar-refractivity contribution in [1.29, 1.82) is 0 Å². The van der Waals surface area contributed by atoms with Crippen molar-refractivity contribution in [3.8, 4) is 5.75 Å². The van der Waals surface area contributed by atoms with Crippen LogP contribution in [-0.2, 0) is 0 Å². The Balaban J connectivity index is 2.38. The minimum absolute atomic E-state index is 0.124. The maximum absolute atomic E-state index is 12.0. The number of carbonyl (C=O) groups excluding carboxylic acids is 1. The lowest BCUT2D eigenvalue weighted by atomic mass is 10.1. The number of ether oxygens (including phenoxy) is 1. The molecule has 0 spiro atoms. The molecular weight excluding hydrogens is 204 g/mol. The van der Waals surface area contributed by atoms with E-state index in [1.165, 1.54) is 6.26 Å². The summed E-state index contributed by atoms with van der Waals surface area (Å²) in [5.41, 5.74) is 1.41. The van der Waals surface area contributed by atoms with Crippen molar-refractivity contribution in [2.24, 2.45) is 0 Å². The highest BCUT2D eigenvalue weighted by molar-refractivity contribution is 6.08. The standard InChI is InChI=1S/C13H12O3/c1-9-6-7-16-13(9)12(14)10-4-3-5-11(8-10)15-2/h3-8H,1-2H3. The summed E-state index contributed by atoms with van der Waals surface area (Å²) in [4.78, 5) is 12.0. The molecular formula is C13H12O3. The molecule has 0 N–H and O–H groups in total. The molecule has 0 aliphatic rings. The number of hydrogen-bond donors (Lipinski definition) is 0. The molecule has 1 heterocycles. The molecule has 16 heavy (non-hydrogen) atoms. The van der Waals surface area contributed by atoms with E-state index in [1.807, 2.05) is 6.92 Å². The van der Waals surface area contributed by atoms with Crippen molar-refractivity contribution >= 4 is 5.78 Å². The van der Waals surface area contributed by atoms with Crippen molar-refractivity contribution in [3.05, 3.63) is 53.5 Å². The highest BCUT2D eigenvalue weighted by Crippen LogP contribution is 2.18. The lowest BCUT2D eigenvalue weighted by Gasteiger charge is -2.02. The number of rotatable bonds is 3. The van der Waals surface area contributed by atoms with E-state index in [0.717, 1.165) is 5.56 Å². The van der Waals surface area contributed by atoms with Gasteiger partial charge in [-0.15, -0.1) is 0 Å². The van der Waals surface area contributed by atoms with Crippen molar-refractivity contribution < 1.29 is 13.9 Å². The monoisotopic (exact) mass is 216 g/mol. The van der Waals surface area contributed by atoms with Crippen LogP contribution >= 0.6 is 0 Å². The number of carbonyl (C=O) groups is 1. The molecule has 0 saturated heterocycles. The predicted molar refractivity (Wildman–Crippen MR) is 59.9 cm³/mol. The minimum atomic E-state index is -0.124. The van der Waals surface area contributed by atoms with Gasteiger partial charge in [-0.3, -0.25) is 4.79 Å². The van der Waals surface area contributed by atoms with E-state index in [-0.39, 0.29) is 5.78 Å². The summed E-state index contributed by atoms with van der Waals surface area (Å²) in [6, 6.07) is 8.79. The maximum Gasteiger partial charge on any atom is 0.228 e. The molecule has 0 bridgehead atoms. The van der Waals surface area contributed by atoms with Crippen LogP contribution in [0, 0.1) is 6.92 Å². The van der Waals surface area contributed by atoms with Crippen LogP contribution in [0.5, 0.6) is 5.75 Å². The van der Waals surface area contributed by atoms with Gasteiger partial charge >= 0.3 is 0 Å². The van der Waals surface area contributed by atoms with Gasteiger partial charge in [-0.05, 0) is 30.7 Å². The van der Waals surface area contributed by atoms with Gasteiger partial charge in [-0.1, -0.05) is 12.1 Å². The number of furan rings is 1. The Morgan fingerprint density at radius 1 is 1.31 bits per heavy atom. The van der Waals surface area contributed by atoms with E-state index in [0.29, 0.717) is 17.1 Å². The zero-order chi connectivity index (χ0) is 11.5. The highest BCUT2D eigenvalue weighted by atomic mass is 16.5. The minimum Gasteiger partial charge on any atom is -0.497 e.